The molecule has 0 aliphatic heterocycles. The van der Waals surface area contributed by atoms with E-state index in [9.17, 15) is 0 Å². The van der Waals surface area contributed by atoms with Crippen LogP contribution in [-0.2, 0) is 6.54 Å². The molecule has 0 bridgehead atoms. The van der Waals surface area contributed by atoms with E-state index >= 15 is 0 Å². The third-order valence-corrected chi connectivity index (χ3v) is 2.07. The molecule has 0 unspecified atom stereocenters. The van der Waals surface area contributed by atoms with E-state index in [2.05, 4.69) is 19.2 Å². The molecule has 12 heavy (non-hydrogen) atoms. The number of aryl methyl sites for hydroxylation is 2. The van der Waals surface area contributed by atoms with Crippen molar-refractivity contribution in [2.75, 3.05) is 12.8 Å². The number of benzene rings is 1. The molecule has 0 aliphatic carbocycles. The summed E-state index contributed by atoms with van der Waals surface area (Å²) in [7, 11) is 1.95. The molecule has 0 heterocycles. The molecule has 0 saturated carbocycles. The molecule has 0 spiro atoms. The topological polar surface area (TPSA) is 38.0 Å². The van der Waals surface area contributed by atoms with E-state index in [1.165, 1.54) is 16.7 Å². The lowest BCUT2D eigenvalue weighted by Crippen LogP contribution is -2.08. The monoisotopic (exact) mass is 164 g/mol. The molecule has 0 atom stereocenters. The van der Waals surface area contributed by atoms with Crippen molar-refractivity contribution in [3.63, 3.8) is 0 Å². The van der Waals surface area contributed by atoms with E-state index in [0.717, 1.165) is 12.2 Å². The highest BCUT2D eigenvalue weighted by atomic mass is 14.8. The average molecular weight is 164 g/mol. The fourth-order valence-corrected chi connectivity index (χ4v) is 1.48. The predicted molar refractivity (Wildman–Crippen MR) is 53.1 cm³/mol. The van der Waals surface area contributed by atoms with Crippen molar-refractivity contribution in [1.82, 2.24) is 5.32 Å². The first-order valence-electron chi connectivity index (χ1n) is 4.15. The number of rotatable bonds is 2. The molecule has 1 aromatic carbocycles. The van der Waals surface area contributed by atoms with Crippen LogP contribution in [0.15, 0.2) is 12.1 Å². The van der Waals surface area contributed by atoms with Gasteiger partial charge in [0.05, 0.1) is 0 Å². The van der Waals surface area contributed by atoms with Gasteiger partial charge < -0.3 is 11.1 Å². The number of nitrogen functional groups attached to an aromatic ring is 1. The minimum atomic E-state index is 0.852. The summed E-state index contributed by atoms with van der Waals surface area (Å²) in [6, 6.07) is 4.03. The summed E-state index contributed by atoms with van der Waals surface area (Å²) in [6.45, 7) is 5.10. The molecule has 2 nitrogen and oxygen atoms in total. The van der Waals surface area contributed by atoms with Crippen molar-refractivity contribution < 1.29 is 0 Å². The van der Waals surface area contributed by atoms with E-state index in [0.29, 0.717) is 0 Å². The normalized spacial score (nSPS) is 10.2. The lowest BCUT2D eigenvalue weighted by atomic mass is 10.0. The van der Waals surface area contributed by atoms with Crippen molar-refractivity contribution in [3.8, 4) is 0 Å². The van der Waals surface area contributed by atoms with Crippen LogP contribution in [0.2, 0.25) is 0 Å². The van der Waals surface area contributed by atoms with Crippen LogP contribution in [0.5, 0.6) is 0 Å². The van der Waals surface area contributed by atoms with Crippen molar-refractivity contribution in [3.05, 3.63) is 28.8 Å². The fourth-order valence-electron chi connectivity index (χ4n) is 1.48. The van der Waals surface area contributed by atoms with Crippen molar-refractivity contribution in [2.24, 2.45) is 0 Å². The van der Waals surface area contributed by atoms with Gasteiger partial charge in [0.25, 0.3) is 0 Å². The largest absolute Gasteiger partial charge is 0.399 e. The van der Waals surface area contributed by atoms with E-state index in [4.69, 9.17) is 5.73 Å². The molecule has 0 radical (unpaired) electrons. The molecule has 0 saturated heterocycles. The molecule has 1 rings (SSSR count). The van der Waals surface area contributed by atoms with Gasteiger partial charge in [0.2, 0.25) is 0 Å². The Bertz CT molecular complexity index is 256. The van der Waals surface area contributed by atoms with Gasteiger partial charge in [-0.15, -0.1) is 0 Å². The molecule has 0 aliphatic rings. The number of nitrogens with two attached hydrogens (primary N) is 1. The van der Waals surface area contributed by atoms with Crippen molar-refractivity contribution in [1.29, 1.82) is 0 Å². The van der Waals surface area contributed by atoms with Crippen LogP contribution in [-0.4, -0.2) is 7.05 Å². The predicted octanol–water partition coefficient (Wildman–Crippen LogP) is 1.61. The van der Waals surface area contributed by atoms with Gasteiger partial charge in [-0.3, -0.25) is 0 Å². The first-order valence-corrected chi connectivity index (χ1v) is 4.15. The van der Waals surface area contributed by atoms with Gasteiger partial charge >= 0.3 is 0 Å². The van der Waals surface area contributed by atoms with Crippen molar-refractivity contribution in [2.45, 2.75) is 20.4 Å². The number of anilines is 1. The highest BCUT2D eigenvalue weighted by Gasteiger charge is 2.01. The second-order valence-corrected chi connectivity index (χ2v) is 3.16. The SMILES string of the molecule is CNCc1c(C)cc(N)cc1C. The zero-order chi connectivity index (χ0) is 9.14. The molecule has 0 fully saturated rings. The fraction of sp³-hybridized carbons (Fsp3) is 0.400. The van der Waals surface area contributed by atoms with E-state index < -0.39 is 0 Å². The summed E-state index contributed by atoms with van der Waals surface area (Å²) in [5.41, 5.74) is 10.4. The Kier molecular flexibility index (Phi) is 2.71. The van der Waals surface area contributed by atoms with Gasteiger partial charge in [0.1, 0.15) is 0 Å². The van der Waals surface area contributed by atoms with Crippen LogP contribution in [0.1, 0.15) is 16.7 Å². The molecule has 3 N–H and O–H groups in total. The van der Waals surface area contributed by atoms with Gasteiger partial charge in [0.15, 0.2) is 0 Å². The second kappa shape index (κ2) is 3.59. The third kappa shape index (κ3) is 1.77. The average Bonchev–Trinajstić information content (AvgIpc) is 1.96. The smallest absolute Gasteiger partial charge is 0.0319 e. The summed E-state index contributed by atoms with van der Waals surface area (Å²) in [4.78, 5) is 0. The van der Waals surface area contributed by atoms with Crippen LogP contribution >= 0.6 is 0 Å². The minimum absolute atomic E-state index is 0.852. The zero-order valence-corrected chi connectivity index (χ0v) is 7.94. The quantitative estimate of drug-likeness (QED) is 0.652. The summed E-state index contributed by atoms with van der Waals surface area (Å²) in [6.07, 6.45) is 0. The Hall–Kier alpha value is -1.02. The lowest BCUT2D eigenvalue weighted by Gasteiger charge is -2.09. The van der Waals surface area contributed by atoms with Gasteiger partial charge in [-0.25, -0.2) is 0 Å². The number of nitrogens with one attached hydrogen (secondary N) is 1. The summed E-state index contributed by atoms with van der Waals surface area (Å²) >= 11 is 0. The maximum atomic E-state index is 5.70. The van der Waals surface area contributed by atoms with E-state index in [1.807, 2.05) is 19.2 Å². The maximum absolute atomic E-state index is 5.70. The van der Waals surface area contributed by atoms with Crippen LogP contribution in [0.3, 0.4) is 0 Å². The Balaban J connectivity index is 3.10. The molecule has 0 amide bonds. The van der Waals surface area contributed by atoms with Crippen LogP contribution in [0, 0.1) is 13.8 Å². The third-order valence-electron chi connectivity index (χ3n) is 2.07. The van der Waals surface area contributed by atoms with Gasteiger partial charge in [-0.1, -0.05) is 0 Å². The van der Waals surface area contributed by atoms with E-state index in [1.54, 1.807) is 0 Å². The summed E-state index contributed by atoms with van der Waals surface area (Å²) in [5.74, 6) is 0. The molecular weight excluding hydrogens is 148 g/mol. The first-order chi connectivity index (χ1) is 5.65. The highest BCUT2D eigenvalue weighted by molar-refractivity contribution is 5.48. The van der Waals surface area contributed by atoms with Crippen LogP contribution in [0.25, 0.3) is 0 Å². The minimum Gasteiger partial charge on any atom is -0.399 e. The second-order valence-electron chi connectivity index (χ2n) is 3.16. The molecule has 1 aromatic rings. The van der Waals surface area contributed by atoms with Gasteiger partial charge in [0, 0.05) is 12.2 Å². The summed E-state index contributed by atoms with van der Waals surface area (Å²) in [5, 5.41) is 3.14. The van der Waals surface area contributed by atoms with E-state index in [-0.39, 0.29) is 0 Å². The molecule has 2 heteroatoms. The Morgan fingerprint density at radius 1 is 1.25 bits per heavy atom. The number of hydrogen-bond acceptors (Lipinski definition) is 2. The van der Waals surface area contributed by atoms with Gasteiger partial charge in [-0.05, 0) is 49.7 Å². The van der Waals surface area contributed by atoms with Gasteiger partial charge in [-0.2, -0.15) is 0 Å². The molecule has 66 valence electrons. The molecule has 0 aromatic heterocycles. The van der Waals surface area contributed by atoms with Crippen molar-refractivity contribution >= 4 is 5.69 Å². The Morgan fingerprint density at radius 2 is 1.75 bits per heavy atom. The summed E-state index contributed by atoms with van der Waals surface area (Å²) < 4.78 is 0. The highest BCUT2D eigenvalue weighted by Crippen LogP contribution is 2.17. The lowest BCUT2D eigenvalue weighted by molar-refractivity contribution is 0.806. The Morgan fingerprint density at radius 3 is 2.17 bits per heavy atom. The standard InChI is InChI=1S/C10H16N2/c1-7-4-9(11)5-8(2)10(7)6-12-3/h4-5,12H,6,11H2,1-3H3. The molecular formula is C10H16N2. The zero-order valence-electron chi connectivity index (χ0n) is 7.94. The van der Waals surface area contributed by atoms with Crippen LogP contribution in [0.4, 0.5) is 5.69 Å². The first kappa shape index (κ1) is 9.07. The Labute approximate surface area is 73.8 Å². The number of hydrogen-bond donors (Lipinski definition) is 2. The maximum Gasteiger partial charge on any atom is 0.0319 e. The van der Waals surface area contributed by atoms with Crippen LogP contribution < -0.4 is 11.1 Å².